The number of carbonyl (C=O) groups excluding carboxylic acids is 2. The van der Waals surface area contributed by atoms with E-state index < -0.39 is 0 Å². The van der Waals surface area contributed by atoms with E-state index in [1.54, 1.807) is 30.5 Å². The van der Waals surface area contributed by atoms with E-state index in [1.165, 1.54) is 29.8 Å². The summed E-state index contributed by atoms with van der Waals surface area (Å²) in [5.41, 5.74) is 4.84. The minimum absolute atomic E-state index is 0.119. The minimum atomic E-state index is -0.132. The molecule has 0 fully saturated rings. The van der Waals surface area contributed by atoms with Gasteiger partial charge in [0.1, 0.15) is 0 Å². The average Bonchev–Trinajstić information content (AvgIpc) is 3.12. The largest absolute Gasteiger partial charge is 0.326 e. The zero-order valence-electron chi connectivity index (χ0n) is 16.0. The molecule has 144 valence electrons. The molecule has 0 unspecified atom stereocenters. The van der Waals surface area contributed by atoms with Crippen LogP contribution in [0.2, 0.25) is 0 Å². The lowest BCUT2D eigenvalue weighted by Crippen LogP contribution is -2.14. The fraction of sp³-hybridized carbons (Fsp3) is 0.190. The Morgan fingerprint density at radius 1 is 1.00 bits per heavy atom. The molecule has 28 heavy (non-hydrogen) atoms. The van der Waals surface area contributed by atoms with Crippen molar-refractivity contribution in [1.29, 1.82) is 0 Å². The molecule has 0 saturated heterocycles. The van der Waals surface area contributed by atoms with Gasteiger partial charge in [-0.1, -0.05) is 17.8 Å². The van der Waals surface area contributed by atoms with E-state index in [4.69, 9.17) is 0 Å². The standard InChI is InChI=1S/C21H22N4O2S/c1-14-4-9-19(12-15(14)2)25-11-10-22-21(25)28-13-20(27)24-18-7-5-17(6-8-18)23-16(3)26/h4-12H,13H2,1-3H3,(H,23,26)(H,24,27). The summed E-state index contributed by atoms with van der Waals surface area (Å²) < 4.78 is 1.98. The van der Waals surface area contributed by atoms with Crippen LogP contribution in [0.15, 0.2) is 60.0 Å². The molecule has 6 nitrogen and oxygen atoms in total. The summed E-state index contributed by atoms with van der Waals surface area (Å²) >= 11 is 1.38. The predicted molar refractivity (Wildman–Crippen MR) is 113 cm³/mol. The third-order valence-electron chi connectivity index (χ3n) is 4.20. The zero-order chi connectivity index (χ0) is 20.1. The molecule has 0 saturated carbocycles. The van der Waals surface area contributed by atoms with Crippen molar-refractivity contribution in [2.75, 3.05) is 16.4 Å². The van der Waals surface area contributed by atoms with Crippen molar-refractivity contribution in [2.45, 2.75) is 25.9 Å². The van der Waals surface area contributed by atoms with Gasteiger partial charge in [-0.25, -0.2) is 4.98 Å². The summed E-state index contributed by atoms with van der Waals surface area (Å²) in [5, 5.41) is 6.31. The van der Waals surface area contributed by atoms with Crippen molar-refractivity contribution in [3.05, 3.63) is 66.0 Å². The van der Waals surface area contributed by atoms with Gasteiger partial charge in [-0.05, 0) is 61.4 Å². The molecule has 2 amide bonds. The second-order valence-electron chi connectivity index (χ2n) is 6.44. The molecule has 0 aliphatic rings. The summed E-state index contributed by atoms with van der Waals surface area (Å²) in [7, 11) is 0. The number of thioether (sulfide) groups is 1. The summed E-state index contributed by atoms with van der Waals surface area (Å²) in [4.78, 5) is 27.7. The molecule has 2 aromatic carbocycles. The Bertz CT molecular complexity index is 996. The highest BCUT2D eigenvalue weighted by Crippen LogP contribution is 2.22. The Kier molecular flexibility index (Phi) is 6.16. The Hall–Kier alpha value is -3.06. The van der Waals surface area contributed by atoms with Gasteiger partial charge in [0.2, 0.25) is 11.8 Å². The Labute approximate surface area is 168 Å². The average molecular weight is 395 g/mol. The Morgan fingerprint density at radius 2 is 1.68 bits per heavy atom. The van der Waals surface area contributed by atoms with Crippen LogP contribution in [0.3, 0.4) is 0 Å². The number of amides is 2. The number of hydrogen-bond acceptors (Lipinski definition) is 4. The number of nitrogens with one attached hydrogen (secondary N) is 2. The molecule has 7 heteroatoms. The van der Waals surface area contributed by atoms with E-state index in [2.05, 4.69) is 41.6 Å². The number of benzene rings is 2. The smallest absolute Gasteiger partial charge is 0.234 e. The van der Waals surface area contributed by atoms with Gasteiger partial charge in [-0.15, -0.1) is 0 Å². The molecule has 0 radical (unpaired) electrons. The highest BCUT2D eigenvalue weighted by molar-refractivity contribution is 7.99. The number of imidazole rings is 1. The summed E-state index contributed by atoms with van der Waals surface area (Å²) in [6.45, 7) is 5.61. The molecular weight excluding hydrogens is 372 g/mol. The first-order valence-corrected chi connectivity index (χ1v) is 9.82. The van der Waals surface area contributed by atoms with Crippen LogP contribution in [-0.4, -0.2) is 27.1 Å². The third kappa shape index (κ3) is 5.01. The lowest BCUT2D eigenvalue weighted by Gasteiger charge is -2.10. The van der Waals surface area contributed by atoms with Crippen LogP contribution in [0, 0.1) is 13.8 Å². The molecule has 1 heterocycles. The number of anilines is 2. The lowest BCUT2D eigenvalue weighted by atomic mass is 10.1. The van der Waals surface area contributed by atoms with Crippen LogP contribution in [0.4, 0.5) is 11.4 Å². The van der Waals surface area contributed by atoms with Crippen molar-refractivity contribution in [1.82, 2.24) is 9.55 Å². The first kappa shape index (κ1) is 19.7. The molecule has 0 atom stereocenters. The molecule has 3 aromatic rings. The van der Waals surface area contributed by atoms with Crippen molar-refractivity contribution < 1.29 is 9.59 Å². The summed E-state index contributed by atoms with van der Waals surface area (Å²) in [6.07, 6.45) is 3.63. The Morgan fingerprint density at radius 3 is 2.32 bits per heavy atom. The second-order valence-corrected chi connectivity index (χ2v) is 7.39. The van der Waals surface area contributed by atoms with E-state index in [9.17, 15) is 9.59 Å². The number of nitrogens with zero attached hydrogens (tertiary/aromatic N) is 2. The molecule has 2 N–H and O–H groups in total. The number of carbonyl (C=O) groups is 2. The summed E-state index contributed by atoms with van der Waals surface area (Å²) in [6, 6.07) is 13.2. The van der Waals surface area contributed by atoms with Gasteiger partial charge in [0, 0.05) is 36.4 Å². The van der Waals surface area contributed by atoms with Crippen LogP contribution in [-0.2, 0) is 9.59 Å². The number of aryl methyl sites for hydroxylation is 2. The van der Waals surface area contributed by atoms with Crippen LogP contribution in [0.25, 0.3) is 5.69 Å². The van der Waals surface area contributed by atoms with Crippen LogP contribution >= 0.6 is 11.8 Å². The normalized spacial score (nSPS) is 10.5. The zero-order valence-corrected chi connectivity index (χ0v) is 16.8. The third-order valence-corrected chi connectivity index (χ3v) is 5.16. The highest BCUT2D eigenvalue weighted by atomic mass is 32.2. The van der Waals surface area contributed by atoms with Crippen molar-refractivity contribution in [3.63, 3.8) is 0 Å². The summed E-state index contributed by atoms with van der Waals surface area (Å²) in [5.74, 6) is -0.00524. The molecule has 0 aliphatic heterocycles. The molecular formula is C21H22N4O2S. The second kappa shape index (κ2) is 8.75. The Balaban J connectivity index is 1.60. The molecule has 0 spiro atoms. The van der Waals surface area contributed by atoms with Crippen molar-refractivity contribution in [2.24, 2.45) is 0 Å². The maximum absolute atomic E-state index is 12.3. The number of rotatable bonds is 6. The molecule has 1 aromatic heterocycles. The lowest BCUT2D eigenvalue weighted by molar-refractivity contribution is -0.114. The van der Waals surface area contributed by atoms with Crippen LogP contribution in [0.5, 0.6) is 0 Å². The van der Waals surface area contributed by atoms with Crippen molar-refractivity contribution in [3.8, 4) is 5.69 Å². The van der Waals surface area contributed by atoms with Gasteiger partial charge in [-0.2, -0.15) is 0 Å². The minimum Gasteiger partial charge on any atom is -0.326 e. The molecule has 3 rings (SSSR count). The maximum atomic E-state index is 12.3. The monoisotopic (exact) mass is 394 g/mol. The number of aromatic nitrogens is 2. The quantitative estimate of drug-likeness (QED) is 0.615. The maximum Gasteiger partial charge on any atom is 0.234 e. The van der Waals surface area contributed by atoms with Gasteiger partial charge in [0.05, 0.1) is 5.75 Å². The van der Waals surface area contributed by atoms with Crippen molar-refractivity contribution >= 4 is 35.0 Å². The first-order valence-electron chi connectivity index (χ1n) is 8.83. The van der Waals surface area contributed by atoms with Gasteiger partial charge < -0.3 is 10.6 Å². The fourth-order valence-electron chi connectivity index (χ4n) is 2.64. The van der Waals surface area contributed by atoms with E-state index in [0.717, 1.165) is 10.8 Å². The van der Waals surface area contributed by atoms with Gasteiger partial charge in [0.15, 0.2) is 5.16 Å². The molecule has 0 aliphatic carbocycles. The SMILES string of the molecule is CC(=O)Nc1ccc(NC(=O)CSc2nccn2-c2ccc(C)c(C)c2)cc1. The van der Waals surface area contributed by atoms with Crippen LogP contribution in [0.1, 0.15) is 18.1 Å². The highest BCUT2D eigenvalue weighted by Gasteiger charge is 2.10. The van der Waals surface area contributed by atoms with E-state index in [1.807, 2.05) is 16.8 Å². The van der Waals surface area contributed by atoms with E-state index in [0.29, 0.717) is 11.4 Å². The first-order chi connectivity index (χ1) is 13.4. The van der Waals surface area contributed by atoms with Gasteiger partial charge >= 0.3 is 0 Å². The predicted octanol–water partition coefficient (Wildman–Crippen LogP) is 4.18. The number of hydrogen-bond donors (Lipinski definition) is 2. The molecule has 0 bridgehead atoms. The van der Waals surface area contributed by atoms with Crippen LogP contribution < -0.4 is 10.6 Å². The van der Waals surface area contributed by atoms with E-state index >= 15 is 0 Å². The van der Waals surface area contributed by atoms with Gasteiger partial charge in [0.25, 0.3) is 0 Å². The topological polar surface area (TPSA) is 76.0 Å². The van der Waals surface area contributed by atoms with Gasteiger partial charge in [-0.3, -0.25) is 14.2 Å². The fourth-order valence-corrected chi connectivity index (χ4v) is 3.41. The van der Waals surface area contributed by atoms with E-state index in [-0.39, 0.29) is 17.6 Å².